The van der Waals surface area contributed by atoms with Crippen molar-refractivity contribution in [3.63, 3.8) is 0 Å². The van der Waals surface area contributed by atoms with Crippen LogP contribution in [0.1, 0.15) is 72.1 Å². The van der Waals surface area contributed by atoms with E-state index in [2.05, 4.69) is 20.8 Å². The normalized spacial score (nSPS) is 14.2. The van der Waals surface area contributed by atoms with Crippen LogP contribution in [-0.4, -0.2) is 16.0 Å². The van der Waals surface area contributed by atoms with Crippen molar-refractivity contribution in [2.45, 2.75) is 77.9 Å². The highest BCUT2D eigenvalue weighted by atomic mass is 16.5. The maximum Gasteiger partial charge on any atom is 0.165 e. The minimum Gasteiger partial charge on any atom is -0.365 e. The molecule has 0 aromatic carbocycles. The summed E-state index contributed by atoms with van der Waals surface area (Å²) >= 11 is 0. The highest BCUT2D eigenvalue weighted by Crippen LogP contribution is 2.29. The standard InChI is InChI=1S/C13H28O2/c1-4-7-10-12(9-6-3)13(14,15)11-8-5-2/h12,14-15H,4-11H2,1-3H3. The fourth-order valence-corrected chi connectivity index (χ4v) is 2.05. The van der Waals surface area contributed by atoms with Gasteiger partial charge in [0.1, 0.15) is 0 Å². The molecule has 1 unspecified atom stereocenters. The number of aliphatic hydroxyl groups is 2. The quantitative estimate of drug-likeness (QED) is 0.579. The van der Waals surface area contributed by atoms with Gasteiger partial charge in [-0.15, -0.1) is 0 Å². The van der Waals surface area contributed by atoms with E-state index in [1.54, 1.807) is 0 Å². The minimum absolute atomic E-state index is 0.0639. The molecule has 15 heavy (non-hydrogen) atoms. The third-order valence-electron chi connectivity index (χ3n) is 3.10. The van der Waals surface area contributed by atoms with Crippen LogP contribution in [0.3, 0.4) is 0 Å². The van der Waals surface area contributed by atoms with Gasteiger partial charge < -0.3 is 10.2 Å². The number of hydrogen-bond acceptors (Lipinski definition) is 2. The predicted octanol–water partition coefficient (Wildman–Crippen LogP) is 3.46. The van der Waals surface area contributed by atoms with Crippen molar-refractivity contribution in [1.29, 1.82) is 0 Å². The van der Waals surface area contributed by atoms with Gasteiger partial charge >= 0.3 is 0 Å². The van der Waals surface area contributed by atoms with Crippen molar-refractivity contribution in [3.05, 3.63) is 0 Å². The van der Waals surface area contributed by atoms with Crippen molar-refractivity contribution in [1.82, 2.24) is 0 Å². The van der Waals surface area contributed by atoms with E-state index in [0.717, 1.165) is 44.9 Å². The van der Waals surface area contributed by atoms with Crippen LogP contribution in [0.15, 0.2) is 0 Å². The third-order valence-corrected chi connectivity index (χ3v) is 3.10. The van der Waals surface area contributed by atoms with Gasteiger partial charge in [0.05, 0.1) is 0 Å². The Kier molecular flexibility index (Phi) is 8.07. The summed E-state index contributed by atoms with van der Waals surface area (Å²) in [5, 5.41) is 20.0. The molecule has 1 atom stereocenters. The molecule has 0 rings (SSSR count). The monoisotopic (exact) mass is 216 g/mol. The third kappa shape index (κ3) is 6.16. The van der Waals surface area contributed by atoms with Crippen molar-refractivity contribution < 1.29 is 10.2 Å². The van der Waals surface area contributed by atoms with Gasteiger partial charge in [-0.25, -0.2) is 0 Å². The van der Waals surface area contributed by atoms with Crippen molar-refractivity contribution in [3.8, 4) is 0 Å². The number of unbranched alkanes of at least 4 members (excludes halogenated alkanes) is 2. The number of rotatable bonds is 9. The average Bonchev–Trinajstić information content (AvgIpc) is 2.21. The van der Waals surface area contributed by atoms with Crippen LogP contribution in [0.25, 0.3) is 0 Å². The minimum atomic E-state index is -1.43. The average molecular weight is 216 g/mol. The van der Waals surface area contributed by atoms with E-state index in [4.69, 9.17) is 0 Å². The Morgan fingerprint density at radius 2 is 1.47 bits per heavy atom. The van der Waals surface area contributed by atoms with E-state index in [1.807, 2.05) is 0 Å². The van der Waals surface area contributed by atoms with E-state index < -0.39 is 5.79 Å². The van der Waals surface area contributed by atoms with Gasteiger partial charge in [-0.3, -0.25) is 0 Å². The summed E-state index contributed by atoms with van der Waals surface area (Å²) in [5.74, 6) is -1.37. The molecule has 2 N–H and O–H groups in total. The van der Waals surface area contributed by atoms with Crippen LogP contribution in [-0.2, 0) is 0 Å². The topological polar surface area (TPSA) is 40.5 Å². The molecule has 0 aliphatic carbocycles. The lowest BCUT2D eigenvalue weighted by Crippen LogP contribution is -2.37. The molecule has 0 bridgehead atoms. The molecule has 0 spiro atoms. The first-order chi connectivity index (χ1) is 7.08. The zero-order chi connectivity index (χ0) is 11.7. The molecule has 0 heterocycles. The van der Waals surface area contributed by atoms with Crippen molar-refractivity contribution in [2.24, 2.45) is 5.92 Å². The van der Waals surface area contributed by atoms with Crippen LogP contribution in [0, 0.1) is 5.92 Å². The van der Waals surface area contributed by atoms with Gasteiger partial charge in [-0.1, -0.05) is 46.5 Å². The zero-order valence-corrected chi connectivity index (χ0v) is 10.6. The van der Waals surface area contributed by atoms with Crippen molar-refractivity contribution >= 4 is 0 Å². The summed E-state index contributed by atoms with van der Waals surface area (Å²) in [6.07, 6.45) is 7.58. The Morgan fingerprint density at radius 1 is 0.867 bits per heavy atom. The molecular weight excluding hydrogens is 188 g/mol. The van der Waals surface area contributed by atoms with Gasteiger partial charge in [0.15, 0.2) is 5.79 Å². The van der Waals surface area contributed by atoms with Gasteiger partial charge in [-0.05, 0) is 19.3 Å². The van der Waals surface area contributed by atoms with Crippen molar-refractivity contribution in [2.75, 3.05) is 0 Å². The summed E-state index contributed by atoms with van der Waals surface area (Å²) in [5.41, 5.74) is 0. The Hall–Kier alpha value is -0.0800. The summed E-state index contributed by atoms with van der Waals surface area (Å²) in [6.45, 7) is 6.33. The van der Waals surface area contributed by atoms with Crippen LogP contribution >= 0.6 is 0 Å². The van der Waals surface area contributed by atoms with Gasteiger partial charge in [0.25, 0.3) is 0 Å². The highest BCUT2D eigenvalue weighted by Gasteiger charge is 2.32. The Bertz CT molecular complexity index is 143. The highest BCUT2D eigenvalue weighted by molar-refractivity contribution is 4.75. The second-order valence-corrected chi connectivity index (χ2v) is 4.61. The SMILES string of the molecule is CCCCC(CCC)C(O)(O)CCCC. The Labute approximate surface area is 94.7 Å². The first-order valence-electron chi connectivity index (χ1n) is 6.53. The van der Waals surface area contributed by atoms with Crippen LogP contribution in [0.2, 0.25) is 0 Å². The summed E-state index contributed by atoms with van der Waals surface area (Å²) < 4.78 is 0. The molecule has 2 nitrogen and oxygen atoms in total. The molecule has 0 aromatic rings. The lowest BCUT2D eigenvalue weighted by Gasteiger charge is -2.31. The predicted molar refractivity (Wildman–Crippen MR) is 64.6 cm³/mol. The first-order valence-corrected chi connectivity index (χ1v) is 6.53. The van der Waals surface area contributed by atoms with E-state index in [9.17, 15) is 10.2 Å². The van der Waals surface area contributed by atoms with E-state index in [0.29, 0.717) is 6.42 Å². The summed E-state index contributed by atoms with van der Waals surface area (Å²) in [6, 6.07) is 0. The molecule has 2 heteroatoms. The lowest BCUT2D eigenvalue weighted by molar-refractivity contribution is -0.208. The molecule has 0 aliphatic heterocycles. The maximum atomic E-state index is 10.0. The van der Waals surface area contributed by atoms with E-state index >= 15 is 0 Å². The van der Waals surface area contributed by atoms with Gasteiger partial charge in [0, 0.05) is 12.3 Å². The maximum absolute atomic E-state index is 10.0. The fraction of sp³-hybridized carbons (Fsp3) is 1.00. The molecule has 92 valence electrons. The molecule has 0 saturated heterocycles. The molecule has 0 saturated carbocycles. The van der Waals surface area contributed by atoms with E-state index in [1.165, 1.54) is 0 Å². The second-order valence-electron chi connectivity index (χ2n) is 4.61. The van der Waals surface area contributed by atoms with E-state index in [-0.39, 0.29) is 5.92 Å². The Morgan fingerprint density at radius 3 is 1.93 bits per heavy atom. The lowest BCUT2D eigenvalue weighted by atomic mass is 9.86. The fourth-order valence-electron chi connectivity index (χ4n) is 2.05. The molecule has 0 radical (unpaired) electrons. The van der Waals surface area contributed by atoms with Gasteiger partial charge in [0.2, 0.25) is 0 Å². The molecule has 0 amide bonds. The molecule has 0 aliphatic rings. The second kappa shape index (κ2) is 8.12. The molecular formula is C13H28O2. The number of hydrogen-bond donors (Lipinski definition) is 2. The molecule has 0 fully saturated rings. The first kappa shape index (κ1) is 14.9. The summed E-state index contributed by atoms with van der Waals surface area (Å²) in [4.78, 5) is 0. The largest absolute Gasteiger partial charge is 0.365 e. The Balaban J connectivity index is 4.15. The summed E-state index contributed by atoms with van der Waals surface area (Å²) in [7, 11) is 0. The molecule has 0 aromatic heterocycles. The van der Waals surface area contributed by atoms with Crippen LogP contribution < -0.4 is 0 Å². The van der Waals surface area contributed by atoms with Crippen LogP contribution in [0.5, 0.6) is 0 Å². The van der Waals surface area contributed by atoms with Gasteiger partial charge in [-0.2, -0.15) is 0 Å². The smallest absolute Gasteiger partial charge is 0.165 e. The zero-order valence-electron chi connectivity index (χ0n) is 10.6. The van der Waals surface area contributed by atoms with Crippen LogP contribution in [0.4, 0.5) is 0 Å².